The van der Waals surface area contributed by atoms with Crippen molar-refractivity contribution in [2.24, 2.45) is 35.5 Å². The van der Waals surface area contributed by atoms with Crippen LogP contribution in [-0.4, -0.2) is 11.6 Å². The summed E-state index contributed by atoms with van der Waals surface area (Å²) in [6.07, 6.45) is 10.6. The van der Waals surface area contributed by atoms with Crippen molar-refractivity contribution < 1.29 is 9.59 Å². The van der Waals surface area contributed by atoms with Crippen molar-refractivity contribution in [3.05, 3.63) is 35.5 Å². The number of hydrogen-bond donors (Lipinski definition) is 0. The molecule has 2 heteroatoms. The lowest BCUT2D eigenvalue weighted by atomic mass is 9.67. The second kappa shape index (κ2) is 2.76. The van der Waals surface area contributed by atoms with Crippen LogP contribution < -0.4 is 0 Å². The number of rotatable bonds is 0. The third kappa shape index (κ3) is 0.837. The van der Waals surface area contributed by atoms with E-state index in [1.807, 2.05) is 0 Å². The summed E-state index contributed by atoms with van der Waals surface area (Å²) in [5, 5.41) is 0. The number of carbonyl (C=O) groups excluding carboxylic acids is 2. The van der Waals surface area contributed by atoms with E-state index in [0.29, 0.717) is 23.4 Å². The molecule has 5 aliphatic carbocycles. The molecular weight excluding hydrogens is 224 g/mol. The summed E-state index contributed by atoms with van der Waals surface area (Å²) in [5.74, 6) is 1.78. The van der Waals surface area contributed by atoms with Crippen LogP contribution in [0.25, 0.3) is 0 Å². The van der Waals surface area contributed by atoms with Crippen molar-refractivity contribution in [2.45, 2.75) is 12.8 Å². The molecule has 0 aromatic heterocycles. The molecule has 6 atom stereocenters. The van der Waals surface area contributed by atoms with Crippen LogP contribution in [0.15, 0.2) is 35.5 Å². The van der Waals surface area contributed by atoms with Crippen LogP contribution in [0.2, 0.25) is 0 Å². The van der Waals surface area contributed by atoms with Crippen molar-refractivity contribution in [3.8, 4) is 0 Å². The maximum atomic E-state index is 12.7. The van der Waals surface area contributed by atoms with Crippen LogP contribution in [0.5, 0.6) is 0 Å². The summed E-state index contributed by atoms with van der Waals surface area (Å²) in [5.41, 5.74) is 1.80. The average molecular weight is 238 g/mol. The molecular formula is C16H14O2. The molecule has 0 saturated heterocycles. The molecule has 0 radical (unpaired) electrons. The first-order chi connectivity index (χ1) is 8.75. The molecule has 1 saturated carbocycles. The lowest BCUT2D eigenvalue weighted by Gasteiger charge is -2.33. The highest BCUT2D eigenvalue weighted by molar-refractivity contribution is 6.16. The number of fused-ring (bicyclic) bond motifs is 9. The van der Waals surface area contributed by atoms with Gasteiger partial charge in [0.1, 0.15) is 0 Å². The van der Waals surface area contributed by atoms with Crippen molar-refractivity contribution >= 4 is 11.6 Å². The average Bonchev–Trinajstić information content (AvgIpc) is 3.10. The molecule has 5 rings (SSSR count). The number of carbonyl (C=O) groups is 2. The van der Waals surface area contributed by atoms with Crippen molar-refractivity contribution in [1.82, 2.24) is 0 Å². The van der Waals surface area contributed by atoms with Crippen LogP contribution in [0.4, 0.5) is 0 Å². The van der Waals surface area contributed by atoms with Crippen molar-refractivity contribution in [2.75, 3.05) is 0 Å². The van der Waals surface area contributed by atoms with E-state index in [1.54, 1.807) is 0 Å². The predicted octanol–water partition coefficient (Wildman–Crippen LogP) is 2.08. The first-order valence-corrected chi connectivity index (χ1v) is 6.95. The van der Waals surface area contributed by atoms with Gasteiger partial charge in [-0.15, -0.1) is 0 Å². The zero-order chi connectivity index (χ0) is 12.0. The maximum Gasteiger partial charge on any atom is 0.164 e. The Hall–Kier alpha value is -1.44. The van der Waals surface area contributed by atoms with Crippen LogP contribution in [0.3, 0.4) is 0 Å². The molecule has 1 fully saturated rings. The van der Waals surface area contributed by atoms with E-state index in [0.717, 1.165) is 24.0 Å². The Balaban J connectivity index is 1.71. The van der Waals surface area contributed by atoms with Gasteiger partial charge in [-0.1, -0.05) is 24.3 Å². The van der Waals surface area contributed by atoms with E-state index >= 15 is 0 Å². The van der Waals surface area contributed by atoms with E-state index in [2.05, 4.69) is 24.3 Å². The minimum Gasteiger partial charge on any atom is -0.294 e. The smallest absolute Gasteiger partial charge is 0.164 e. The first kappa shape index (κ1) is 9.48. The van der Waals surface area contributed by atoms with Gasteiger partial charge in [-0.3, -0.25) is 9.59 Å². The van der Waals surface area contributed by atoms with Crippen molar-refractivity contribution in [1.29, 1.82) is 0 Å². The zero-order valence-electron chi connectivity index (χ0n) is 10.0. The Labute approximate surface area is 105 Å². The van der Waals surface area contributed by atoms with Crippen LogP contribution in [0, 0.1) is 35.5 Å². The number of Topliss-reactive ketones (excluding diaryl/α,β-unsaturated/α-hetero) is 2. The number of hydrogen-bond acceptors (Lipinski definition) is 2. The molecule has 0 heterocycles. The van der Waals surface area contributed by atoms with Crippen LogP contribution >= 0.6 is 0 Å². The Bertz CT molecular complexity index is 542. The molecule has 0 N–H and O–H groups in total. The van der Waals surface area contributed by atoms with Crippen LogP contribution in [0.1, 0.15) is 12.8 Å². The van der Waals surface area contributed by atoms with Gasteiger partial charge in [0.15, 0.2) is 11.6 Å². The molecule has 0 amide bonds. The Kier molecular flexibility index (Phi) is 1.46. The van der Waals surface area contributed by atoms with Crippen molar-refractivity contribution in [3.63, 3.8) is 0 Å². The van der Waals surface area contributed by atoms with Gasteiger partial charge in [-0.2, -0.15) is 0 Å². The molecule has 2 nitrogen and oxygen atoms in total. The van der Waals surface area contributed by atoms with Crippen LogP contribution in [-0.2, 0) is 9.59 Å². The maximum absolute atomic E-state index is 12.7. The van der Waals surface area contributed by atoms with E-state index < -0.39 is 0 Å². The van der Waals surface area contributed by atoms with Gasteiger partial charge in [0.25, 0.3) is 0 Å². The molecule has 0 aromatic rings. The fourth-order valence-electron chi connectivity index (χ4n) is 5.05. The summed E-state index contributed by atoms with van der Waals surface area (Å²) < 4.78 is 0. The lowest BCUT2D eigenvalue weighted by molar-refractivity contribution is -0.131. The largest absolute Gasteiger partial charge is 0.294 e. The normalized spacial score (nSPS) is 50.4. The summed E-state index contributed by atoms with van der Waals surface area (Å²) in [6, 6.07) is 0. The third-order valence-corrected chi connectivity index (χ3v) is 5.71. The summed E-state index contributed by atoms with van der Waals surface area (Å²) in [7, 11) is 0. The number of allylic oxidation sites excluding steroid dienone is 6. The quantitative estimate of drug-likeness (QED) is 0.605. The van der Waals surface area contributed by atoms with Gasteiger partial charge < -0.3 is 0 Å². The van der Waals surface area contributed by atoms with Gasteiger partial charge in [0.2, 0.25) is 0 Å². The van der Waals surface area contributed by atoms with Gasteiger partial charge in [0, 0.05) is 34.8 Å². The van der Waals surface area contributed by atoms with E-state index in [-0.39, 0.29) is 23.7 Å². The SMILES string of the molecule is O=C1C2=C(C(=O)[C@H]3[C@@H]1[C@H]1C=C[C@@H]3C1)[C@@H]1C=C[C@H]2C1. The molecule has 90 valence electrons. The van der Waals surface area contributed by atoms with Gasteiger partial charge >= 0.3 is 0 Å². The number of ketones is 2. The highest BCUT2D eigenvalue weighted by Crippen LogP contribution is 2.57. The molecule has 5 aliphatic rings. The second-order valence-corrected chi connectivity index (χ2v) is 6.39. The van der Waals surface area contributed by atoms with Gasteiger partial charge in [-0.05, 0) is 24.7 Å². The van der Waals surface area contributed by atoms with Gasteiger partial charge in [0.05, 0.1) is 0 Å². The first-order valence-electron chi connectivity index (χ1n) is 6.95. The van der Waals surface area contributed by atoms with E-state index in [9.17, 15) is 9.59 Å². The second-order valence-electron chi connectivity index (χ2n) is 6.39. The highest BCUT2D eigenvalue weighted by atomic mass is 16.1. The zero-order valence-corrected chi connectivity index (χ0v) is 10.0. The lowest BCUT2D eigenvalue weighted by Crippen LogP contribution is -2.41. The minimum atomic E-state index is -0.0148. The molecule has 0 aromatic carbocycles. The summed E-state index contributed by atoms with van der Waals surface area (Å²) in [4.78, 5) is 25.5. The topological polar surface area (TPSA) is 34.1 Å². The van der Waals surface area contributed by atoms with E-state index in [4.69, 9.17) is 0 Å². The fraction of sp³-hybridized carbons (Fsp3) is 0.500. The Morgan fingerprint density at radius 3 is 1.72 bits per heavy atom. The molecule has 18 heavy (non-hydrogen) atoms. The Morgan fingerprint density at radius 2 is 1.22 bits per heavy atom. The highest BCUT2D eigenvalue weighted by Gasteiger charge is 2.58. The molecule has 0 spiro atoms. The Morgan fingerprint density at radius 1 is 0.722 bits per heavy atom. The van der Waals surface area contributed by atoms with Gasteiger partial charge in [-0.25, -0.2) is 0 Å². The fourth-order valence-corrected chi connectivity index (χ4v) is 5.05. The minimum absolute atomic E-state index is 0.0148. The van der Waals surface area contributed by atoms with E-state index in [1.165, 1.54) is 0 Å². The third-order valence-electron chi connectivity index (χ3n) is 5.71. The summed E-state index contributed by atoms with van der Waals surface area (Å²) >= 11 is 0. The molecule has 0 unspecified atom stereocenters. The summed E-state index contributed by atoms with van der Waals surface area (Å²) in [6.45, 7) is 0. The monoisotopic (exact) mass is 238 g/mol. The standard InChI is InChI=1S/C16H14O2/c17-15-11-7-1-2-8(5-7)12(11)16(18)14-10-4-3-9(6-10)13(14)15/h1-4,7-12H,5-6H2/t7-,8+,9-,10+,11-,12+. The molecule has 4 bridgehead atoms. The molecule has 0 aliphatic heterocycles. The predicted molar refractivity (Wildman–Crippen MR) is 65.5 cm³/mol.